The zero-order chi connectivity index (χ0) is 7.28. The van der Waals surface area contributed by atoms with E-state index in [1.807, 2.05) is 0 Å². The van der Waals surface area contributed by atoms with Crippen LogP contribution in [0.1, 0.15) is 27.2 Å². The van der Waals surface area contributed by atoms with Crippen LogP contribution in [0.25, 0.3) is 0 Å². The largest absolute Gasteiger partial charge is 0.378 e. The van der Waals surface area contributed by atoms with E-state index >= 15 is 0 Å². The first-order valence-electron chi connectivity index (χ1n) is 3.56. The quantitative estimate of drug-likeness (QED) is 0.562. The zero-order valence-corrected chi connectivity index (χ0v) is 6.94. The summed E-state index contributed by atoms with van der Waals surface area (Å²) in [5.74, 6) is 0. The van der Waals surface area contributed by atoms with Crippen molar-refractivity contribution in [2.45, 2.75) is 27.2 Å². The first-order valence-corrected chi connectivity index (χ1v) is 3.56. The molecule has 0 unspecified atom stereocenters. The first kappa shape index (κ1) is 8.54. The fraction of sp³-hybridized carbons (Fsp3) is 0.750. The Labute approximate surface area is 58.4 Å². The summed E-state index contributed by atoms with van der Waals surface area (Å²) in [6.45, 7) is 7.56. The molecule has 0 aliphatic rings. The van der Waals surface area contributed by atoms with Gasteiger partial charge in [-0.3, -0.25) is 0 Å². The van der Waals surface area contributed by atoms with Crippen molar-refractivity contribution in [1.29, 1.82) is 0 Å². The van der Waals surface area contributed by atoms with Crippen molar-refractivity contribution in [2.24, 2.45) is 0 Å². The van der Waals surface area contributed by atoms with Gasteiger partial charge in [-0.05, 0) is 20.3 Å². The van der Waals surface area contributed by atoms with E-state index in [1.165, 1.54) is 12.1 Å². The average Bonchev–Trinajstić information content (AvgIpc) is 1.87. The molecule has 0 saturated carbocycles. The van der Waals surface area contributed by atoms with Crippen molar-refractivity contribution in [1.82, 2.24) is 4.90 Å². The molecule has 9 heavy (non-hydrogen) atoms. The maximum atomic E-state index is 2.26. The molecule has 0 spiro atoms. The van der Waals surface area contributed by atoms with Gasteiger partial charge in [-0.2, -0.15) is 0 Å². The average molecular weight is 127 g/mol. The molecule has 0 rings (SSSR count). The summed E-state index contributed by atoms with van der Waals surface area (Å²) in [6, 6.07) is 0. The van der Waals surface area contributed by atoms with E-state index in [4.69, 9.17) is 0 Å². The summed E-state index contributed by atoms with van der Waals surface area (Å²) in [6.07, 6.45) is 3.36. The van der Waals surface area contributed by atoms with Crippen molar-refractivity contribution in [3.63, 3.8) is 0 Å². The summed E-state index contributed by atoms with van der Waals surface area (Å²) < 4.78 is 0. The zero-order valence-electron chi connectivity index (χ0n) is 6.94. The second-order valence-corrected chi connectivity index (χ2v) is 2.35. The Balaban J connectivity index is 3.59. The second kappa shape index (κ2) is 4.42. The van der Waals surface area contributed by atoms with Gasteiger partial charge < -0.3 is 4.90 Å². The summed E-state index contributed by atoms with van der Waals surface area (Å²) in [5, 5.41) is 0. The molecule has 0 amide bonds. The number of allylic oxidation sites excluding steroid dienone is 2. The monoisotopic (exact) mass is 127 g/mol. The molecule has 1 heteroatoms. The lowest BCUT2D eigenvalue weighted by molar-refractivity contribution is 0.417. The number of hydrogen-bond donors (Lipinski definition) is 0. The highest BCUT2D eigenvalue weighted by atomic mass is 15.1. The molecule has 0 saturated heterocycles. The van der Waals surface area contributed by atoms with Crippen LogP contribution in [-0.2, 0) is 0 Å². The van der Waals surface area contributed by atoms with Crippen molar-refractivity contribution in [3.8, 4) is 0 Å². The highest BCUT2D eigenvalue weighted by molar-refractivity contribution is 4.93. The van der Waals surface area contributed by atoms with Crippen LogP contribution in [0.5, 0.6) is 0 Å². The third-order valence-corrected chi connectivity index (χ3v) is 1.58. The lowest BCUT2D eigenvalue weighted by Crippen LogP contribution is -2.16. The number of nitrogens with zero attached hydrogens (tertiary/aromatic N) is 1. The SMILES string of the molecule is C/C=C(/C)N(C)CCC. The van der Waals surface area contributed by atoms with E-state index < -0.39 is 0 Å². The maximum Gasteiger partial charge on any atom is 0.0168 e. The fourth-order valence-electron chi connectivity index (χ4n) is 0.732. The third kappa shape index (κ3) is 3.17. The van der Waals surface area contributed by atoms with Crippen LogP contribution in [-0.4, -0.2) is 18.5 Å². The molecule has 0 N–H and O–H groups in total. The lowest BCUT2D eigenvalue weighted by atomic mass is 10.3. The predicted octanol–water partition coefficient (Wildman–Crippen LogP) is 2.25. The van der Waals surface area contributed by atoms with Crippen LogP contribution in [0.15, 0.2) is 11.8 Å². The highest BCUT2D eigenvalue weighted by Gasteiger charge is 1.92. The van der Waals surface area contributed by atoms with Crippen molar-refractivity contribution in [3.05, 3.63) is 11.8 Å². The van der Waals surface area contributed by atoms with E-state index in [0.29, 0.717) is 0 Å². The van der Waals surface area contributed by atoms with Crippen molar-refractivity contribution < 1.29 is 0 Å². The molecule has 0 aromatic carbocycles. The lowest BCUT2D eigenvalue weighted by Gasteiger charge is -2.17. The van der Waals surface area contributed by atoms with Crippen molar-refractivity contribution in [2.75, 3.05) is 13.6 Å². The molecule has 0 heterocycles. The normalized spacial score (nSPS) is 11.8. The maximum absolute atomic E-state index is 2.26. The van der Waals surface area contributed by atoms with E-state index in [1.54, 1.807) is 0 Å². The molecular weight excluding hydrogens is 110 g/mol. The van der Waals surface area contributed by atoms with Crippen LogP contribution in [0.2, 0.25) is 0 Å². The van der Waals surface area contributed by atoms with E-state index in [0.717, 1.165) is 6.54 Å². The van der Waals surface area contributed by atoms with Crippen LogP contribution >= 0.6 is 0 Å². The predicted molar refractivity (Wildman–Crippen MR) is 42.4 cm³/mol. The summed E-state index contributed by atoms with van der Waals surface area (Å²) in [4.78, 5) is 2.26. The molecule has 0 aromatic heterocycles. The first-order chi connectivity index (χ1) is 4.22. The Kier molecular flexibility index (Phi) is 4.20. The minimum Gasteiger partial charge on any atom is -0.378 e. The summed E-state index contributed by atoms with van der Waals surface area (Å²) in [5.41, 5.74) is 1.36. The number of hydrogen-bond acceptors (Lipinski definition) is 1. The van der Waals surface area contributed by atoms with Gasteiger partial charge in [0.25, 0.3) is 0 Å². The molecule has 0 fully saturated rings. The van der Waals surface area contributed by atoms with E-state index in [-0.39, 0.29) is 0 Å². The topological polar surface area (TPSA) is 3.24 Å². The Morgan fingerprint density at radius 3 is 2.44 bits per heavy atom. The molecule has 0 atom stereocenters. The Morgan fingerprint density at radius 1 is 1.56 bits per heavy atom. The smallest absolute Gasteiger partial charge is 0.0168 e. The highest BCUT2D eigenvalue weighted by Crippen LogP contribution is 1.98. The van der Waals surface area contributed by atoms with Gasteiger partial charge in [0.15, 0.2) is 0 Å². The molecule has 54 valence electrons. The van der Waals surface area contributed by atoms with Gasteiger partial charge in [0.2, 0.25) is 0 Å². The number of rotatable bonds is 3. The molecule has 0 aromatic rings. The molecule has 0 radical (unpaired) electrons. The van der Waals surface area contributed by atoms with Crippen LogP contribution in [0.4, 0.5) is 0 Å². The minimum atomic E-state index is 1.16. The summed E-state index contributed by atoms with van der Waals surface area (Å²) in [7, 11) is 2.12. The van der Waals surface area contributed by atoms with E-state index in [9.17, 15) is 0 Å². The van der Waals surface area contributed by atoms with E-state index in [2.05, 4.69) is 38.8 Å². The van der Waals surface area contributed by atoms with Crippen LogP contribution in [0.3, 0.4) is 0 Å². The van der Waals surface area contributed by atoms with Gasteiger partial charge in [0.1, 0.15) is 0 Å². The van der Waals surface area contributed by atoms with Crippen molar-refractivity contribution >= 4 is 0 Å². The van der Waals surface area contributed by atoms with Gasteiger partial charge in [-0.25, -0.2) is 0 Å². The van der Waals surface area contributed by atoms with Gasteiger partial charge in [-0.15, -0.1) is 0 Å². The summed E-state index contributed by atoms with van der Waals surface area (Å²) >= 11 is 0. The van der Waals surface area contributed by atoms with Gasteiger partial charge in [0, 0.05) is 19.3 Å². The van der Waals surface area contributed by atoms with Crippen LogP contribution < -0.4 is 0 Å². The third-order valence-electron chi connectivity index (χ3n) is 1.58. The molecule has 1 nitrogen and oxygen atoms in total. The van der Waals surface area contributed by atoms with Gasteiger partial charge in [0.05, 0.1) is 0 Å². The van der Waals surface area contributed by atoms with Gasteiger partial charge in [-0.1, -0.05) is 13.0 Å². The second-order valence-electron chi connectivity index (χ2n) is 2.35. The minimum absolute atomic E-state index is 1.16. The Hall–Kier alpha value is -0.460. The van der Waals surface area contributed by atoms with Crippen LogP contribution in [0, 0.1) is 0 Å². The molecule has 0 bridgehead atoms. The standard InChI is InChI=1S/C8H17N/c1-5-7-9(4)8(3)6-2/h6H,5,7H2,1-4H3/b8-6-. The van der Waals surface area contributed by atoms with Gasteiger partial charge >= 0.3 is 0 Å². The Bertz CT molecular complexity index is 94.7. The molecule has 0 aliphatic carbocycles. The molecular formula is C8H17N. The Morgan fingerprint density at radius 2 is 2.11 bits per heavy atom. The fourth-order valence-corrected chi connectivity index (χ4v) is 0.732. The molecule has 0 aliphatic heterocycles.